The number of nitrogens with zero attached hydrogens (tertiary/aromatic N) is 1. The van der Waals surface area contributed by atoms with Gasteiger partial charge in [0.25, 0.3) is 5.91 Å². The van der Waals surface area contributed by atoms with Gasteiger partial charge < -0.3 is 20.1 Å². The summed E-state index contributed by atoms with van der Waals surface area (Å²) in [4.78, 5) is 35.5. The molecule has 0 spiro atoms. The molecule has 2 rings (SSSR count). The van der Waals surface area contributed by atoms with E-state index in [1.807, 2.05) is 0 Å². The molecule has 32 heavy (non-hydrogen) atoms. The second-order valence-corrected chi connectivity index (χ2v) is 6.71. The second-order valence-electron chi connectivity index (χ2n) is 6.30. The molecular weight excluding hydrogens is 443 g/mol. The average Bonchev–Trinajstić information content (AvgIpc) is 2.78. The predicted molar refractivity (Wildman–Crippen MR) is 117 cm³/mol. The molecule has 170 valence electrons. The Kier molecular flexibility index (Phi) is 10.1. The number of nitrogens with one attached hydrogen (secondary N) is 3. The Hall–Kier alpha value is -3.50. The summed E-state index contributed by atoms with van der Waals surface area (Å²) >= 11 is 5.69. The van der Waals surface area contributed by atoms with Crippen LogP contribution in [0.4, 0.5) is 10.1 Å². The molecule has 0 aliphatic carbocycles. The van der Waals surface area contributed by atoms with Crippen molar-refractivity contribution in [2.24, 2.45) is 5.10 Å². The molecule has 0 saturated heterocycles. The SMILES string of the molecule is COCCCNC(=O)C(=O)N/N=C\c1ccccc1OCC(=O)Nc1ccc(F)c(Cl)c1. The second kappa shape index (κ2) is 13.0. The van der Waals surface area contributed by atoms with Crippen molar-refractivity contribution >= 4 is 41.2 Å². The van der Waals surface area contributed by atoms with Crippen LogP contribution in [0.25, 0.3) is 0 Å². The van der Waals surface area contributed by atoms with Crippen molar-refractivity contribution in [1.29, 1.82) is 0 Å². The van der Waals surface area contributed by atoms with Crippen molar-refractivity contribution < 1.29 is 28.2 Å². The number of para-hydroxylation sites is 1. The van der Waals surface area contributed by atoms with Gasteiger partial charge in [-0.15, -0.1) is 0 Å². The van der Waals surface area contributed by atoms with Gasteiger partial charge in [0.05, 0.1) is 11.2 Å². The van der Waals surface area contributed by atoms with Crippen molar-refractivity contribution in [2.75, 3.05) is 32.2 Å². The first-order valence-corrected chi connectivity index (χ1v) is 9.85. The Labute approximate surface area is 188 Å². The number of hydrogen-bond donors (Lipinski definition) is 3. The Morgan fingerprint density at radius 1 is 1.16 bits per heavy atom. The molecule has 11 heteroatoms. The summed E-state index contributed by atoms with van der Waals surface area (Å²) in [5, 5.41) is 8.60. The van der Waals surface area contributed by atoms with E-state index >= 15 is 0 Å². The quantitative estimate of drug-likeness (QED) is 0.215. The topological polar surface area (TPSA) is 118 Å². The van der Waals surface area contributed by atoms with Crippen molar-refractivity contribution in [2.45, 2.75) is 6.42 Å². The Morgan fingerprint density at radius 3 is 2.69 bits per heavy atom. The van der Waals surface area contributed by atoms with Gasteiger partial charge in [0.2, 0.25) is 0 Å². The van der Waals surface area contributed by atoms with E-state index in [2.05, 4.69) is 21.2 Å². The highest BCUT2D eigenvalue weighted by Gasteiger charge is 2.12. The summed E-state index contributed by atoms with van der Waals surface area (Å²) in [5.74, 6) is -2.50. The van der Waals surface area contributed by atoms with Crippen LogP contribution < -0.4 is 20.8 Å². The number of hydrazone groups is 1. The minimum absolute atomic E-state index is 0.115. The van der Waals surface area contributed by atoms with Crippen molar-refractivity contribution in [3.05, 3.63) is 58.9 Å². The average molecular weight is 465 g/mol. The number of benzene rings is 2. The van der Waals surface area contributed by atoms with E-state index in [9.17, 15) is 18.8 Å². The zero-order chi connectivity index (χ0) is 23.3. The van der Waals surface area contributed by atoms with Crippen molar-refractivity contribution in [1.82, 2.24) is 10.7 Å². The first-order chi connectivity index (χ1) is 15.4. The van der Waals surface area contributed by atoms with Gasteiger partial charge in [-0.25, -0.2) is 9.82 Å². The zero-order valence-corrected chi connectivity index (χ0v) is 17.9. The molecule has 2 aromatic carbocycles. The maximum atomic E-state index is 13.2. The molecule has 0 radical (unpaired) electrons. The Morgan fingerprint density at radius 2 is 1.94 bits per heavy atom. The molecule has 0 saturated carbocycles. The molecular formula is C21H22ClFN4O5. The lowest BCUT2D eigenvalue weighted by atomic mass is 10.2. The fraction of sp³-hybridized carbons (Fsp3) is 0.238. The third kappa shape index (κ3) is 8.32. The summed E-state index contributed by atoms with van der Waals surface area (Å²) in [5.41, 5.74) is 2.90. The maximum absolute atomic E-state index is 13.2. The van der Waals surface area contributed by atoms with E-state index in [1.165, 1.54) is 18.3 Å². The predicted octanol–water partition coefficient (Wildman–Crippen LogP) is 2.10. The highest BCUT2D eigenvalue weighted by atomic mass is 35.5. The van der Waals surface area contributed by atoms with Crippen LogP contribution in [0.5, 0.6) is 5.75 Å². The third-order valence-corrected chi connectivity index (χ3v) is 4.16. The number of anilines is 1. The molecule has 2 aromatic rings. The van der Waals surface area contributed by atoms with Gasteiger partial charge in [-0.1, -0.05) is 23.7 Å². The number of carbonyl (C=O) groups excluding carboxylic acids is 3. The van der Waals surface area contributed by atoms with E-state index in [1.54, 1.807) is 31.4 Å². The van der Waals surface area contributed by atoms with E-state index in [0.717, 1.165) is 6.07 Å². The minimum atomic E-state index is -0.922. The molecule has 0 heterocycles. The molecule has 3 N–H and O–H groups in total. The first kappa shape index (κ1) is 24.8. The summed E-state index contributed by atoms with van der Waals surface area (Å²) in [6.45, 7) is 0.426. The molecule has 0 bridgehead atoms. The van der Waals surface area contributed by atoms with Crippen LogP contribution in [0.15, 0.2) is 47.6 Å². The van der Waals surface area contributed by atoms with Gasteiger partial charge in [-0.05, 0) is 36.8 Å². The van der Waals surface area contributed by atoms with Gasteiger partial charge in [0, 0.05) is 31.5 Å². The smallest absolute Gasteiger partial charge is 0.329 e. The minimum Gasteiger partial charge on any atom is -0.483 e. The fourth-order valence-corrected chi connectivity index (χ4v) is 2.52. The largest absolute Gasteiger partial charge is 0.483 e. The molecule has 9 nitrogen and oxygen atoms in total. The lowest BCUT2D eigenvalue weighted by molar-refractivity contribution is -0.139. The number of carbonyl (C=O) groups is 3. The van der Waals surface area contributed by atoms with E-state index in [-0.39, 0.29) is 11.6 Å². The summed E-state index contributed by atoms with van der Waals surface area (Å²) < 4.78 is 23.5. The zero-order valence-electron chi connectivity index (χ0n) is 17.2. The van der Waals surface area contributed by atoms with Gasteiger partial charge >= 0.3 is 11.8 Å². The van der Waals surface area contributed by atoms with E-state index < -0.39 is 23.5 Å². The van der Waals surface area contributed by atoms with Gasteiger partial charge in [-0.3, -0.25) is 14.4 Å². The van der Waals surface area contributed by atoms with Crippen LogP contribution in [-0.2, 0) is 19.1 Å². The third-order valence-electron chi connectivity index (χ3n) is 3.87. The van der Waals surface area contributed by atoms with Crippen LogP contribution in [0.2, 0.25) is 5.02 Å². The molecule has 0 fully saturated rings. The Bertz CT molecular complexity index is 986. The lowest BCUT2D eigenvalue weighted by Crippen LogP contribution is -2.38. The lowest BCUT2D eigenvalue weighted by Gasteiger charge is -2.10. The number of ether oxygens (including phenoxy) is 2. The summed E-state index contributed by atoms with van der Waals surface area (Å²) in [6.07, 6.45) is 1.86. The van der Waals surface area contributed by atoms with Crippen LogP contribution >= 0.6 is 11.6 Å². The molecule has 3 amide bonds. The molecule has 0 unspecified atom stereocenters. The van der Waals surface area contributed by atoms with Gasteiger partial charge in [-0.2, -0.15) is 5.10 Å². The highest BCUT2D eigenvalue weighted by Crippen LogP contribution is 2.20. The molecule has 0 atom stereocenters. The van der Waals surface area contributed by atoms with Crippen LogP contribution in [0.1, 0.15) is 12.0 Å². The summed E-state index contributed by atoms with van der Waals surface area (Å²) in [7, 11) is 1.54. The monoisotopic (exact) mass is 464 g/mol. The van der Waals surface area contributed by atoms with Crippen LogP contribution in [-0.4, -0.2) is 50.8 Å². The number of hydrogen-bond acceptors (Lipinski definition) is 6. The van der Waals surface area contributed by atoms with Crippen molar-refractivity contribution in [3.63, 3.8) is 0 Å². The molecule has 0 aromatic heterocycles. The van der Waals surface area contributed by atoms with Gasteiger partial charge in [0.1, 0.15) is 11.6 Å². The number of rotatable bonds is 10. The maximum Gasteiger partial charge on any atom is 0.329 e. The number of amides is 3. The highest BCUT2D eigenvalue weighted by molar-refractivity contribution is 6.35. The van der Waals surface area contributed by atoms with Crippen LogP contribution in [0, 0.1) is 5.82 Å². The standard InChI is InChI=1S/C21H22ClFN4O5/c1-31-10-4-9-24-20(29)21(30)27-25-12-14-5-2-3-6-18(14)32-13-19(28)26-15-7-8-17(23)16(22)11-15/h2-3,5-8,11-12H,4,9-10,13H2,1H3,(H,24,29)(H,26,28)(H,27,30)/b25-12-. The van der Waals surface area contributed by atoms with Gasteiger partial charge in [0.15, 0.2) is 6.61 Å². The molecule has 0 aliphatic rings. The fourth-order valence-electron chi connectivity index (χ4n) is 2.34. The first-order valence-electron chi connectivity index (χ1n) is 9.47. The number of methoxy groups -OCH3 is 1. The van der Waals surface area contributed by atoms with Crippen molar-refractivity contribution in [3.8, 4) is 5.75 Å². The van der Waals surface area contributed by atoms with E-state index in [0.29, 0.717) is 36.6 Å². The summed E-state index contributed by atoms with van der Waals surface area (Å²) in [6, 6.07) is 10.4. The normalized spacial score (nSPS) is 10.6. The Balaban J connectivity index is 1.86. The van der Waals surface area contributed by atoms with Crippen LogP contribution in [0.3, 0.4) is 0 Å². The molecule has 0 aliphatic heterocycles. The number of halogens is 2. The van der Waals surface area contributed by atoms with E-state index in [4.69, 9.17) is 21.1 Å².